The van der Waals surface area contributed by atoms with Crippen LogP contribution in [0.1, 0.15) is 35.8 Å². The number of aryl methyl sites for hydroxylation is 1. The number of nitrogens with one attached hydrogen (secondary N) is 2. The molecule has 1 fully saturated rings. The molecule has 2 N–H and O–H groups in total. The fraction of sp³-hybridized carbons (Fsp3) is 0.273. The number of nitrogens with zero attached hydrogens (tertiary/aromatic N) is 3. The summed E-state index contributed by atoms with van der Waals surface area (Å²) in [5, 5.41) is 9.58. The summed E-state index contributed by atoms with van der Waals surface area (Å²) in [6.07, 6.45) is 3.73. The fourth-order valence-electron chi connectivity index (χ4n) is 4.49. The van der Waals surface area contributed by atoms with Gasteiger partial charge in [-0.3, -0.25) is 9.78 Å². The molecule has 3 aromatic rings. The van der Waals surface area contributed by atoms with Gasteiger partial charge < -0.3 is 10.2 Å². The number of amides is 2. The topological polar surface area (TPSA) is 91.0 Å². The summed E-state index contributed by atoms with van der Waals surface area (Å²) in [4.78, 5) is 30.5. The van der Waals surface area contributed by atoms with E-state index in [1.54, 1.807) is 17.2 Å². The molecule has 2 amide bonds. The number of carbonyl (C=O) groups is 1. The number of aromatic nitrogens is 3. The molecule has 158 valence electrons. The first-order valence-electron chi connectivity index (χ1n) is 10.0. The Hall–Kier alpha value is -3.26. The van der Waals surface area contributed by atoms with E-state index in [1.165, 1.54) is 12.1 Å². The molecule has 2 atom stereocenters. The molecule has 1 saturated heterocycles. The van der Waals surface area contributed by atoms with Crippen molar-refractivity contribution in [3.8, 4) is 11.1 Å². The Labute approximate surface area is 182 Å². The highest BCUT2D eigenvalue weighted by Crippen LogP contribution is 2.42. The minimum absolute atomic E-state index is 0.0124. The van der Waals surface area contributed by atoms with Crippen molar-refractivity contribution in [1.29, 1.82) is 0 Å². The molecule has 4 heterocycles. The summed E-state index contributed by atoms with van der Waals surface area (Å²) in [5.74, 6) is -0.583. The molecule has 0 radical (unpaired) electrons. The Morgan fingerprint density at radius 3 is 2.90 bits per heavy atom. The fourth-order valence-corrected chi connectivity index (χ4v) is 4.76. The first-order chi connectivity index (χ1) is 14.9. The van der Waals surface area contributed by atoms with E-state index in [1.807, 2.05) is 19.1 Å². The van der Waals surface area contributed by atoms with Crippen molar-refractivity contribution in [2.75, 3.05) is 5.32 Å². The van der Waals surface area contributed by atoms with Crippen molar-refractivity contribution in [2.45, 2.75) is 38.3 Å². The highest BCUT2D eigenvalue weighted by atomic mass is 35.5. The van der Waals surface area contributed by atoms with Crippen LogP contribution in [0.25, 0.3) is 11.1 Å². The average Bonchev–Trinajstić information content (AvgIpc) is 3.06. The van der Waals surface area contributed by atoms with Gasteiger partial charge in [-0.05, 0) is 49.9 Å². The number of anilines is 1. The van der Waals surface area contributed by atoms with Crippen molar-refractivity contribution in [2.24, 2.45) is 0 Å². The van der Waals surface area contributed by atoms with Gasteiger partial charge in [0.1, 0.15) is 5.82 Å². The maximum atomic E-state index is 14.9. The van der Waals surface area contributed by atoms with E-state index < -0.39 is 11.8 Å². The van der Waals surface area contributed by atoms with E-state index in [4.69, 9.17) is 11.6 Å². The minimum Gasteiger partial charge on any atom is -0.313 e. The Morgan fingerprint density at radius 1 is 1.29 bits per heavy atom. The van der Waals surface area contributed by atoms with Gasteiger partial charge in [-0.25, -0.2) is 14.3 Å². The van der Waals surface area contributed by atoms with E-state index in [9.17, 15) is 14.0 Å². The van der Waals surface area contributed by atoms with Crippen LogP contribution >= 0.6 is 11.6 Å². The van der Waals surface area contributed by atoms with Gasteiger partial charge in [0, 0.05) is 35.1 Å². The summed E-state index contributed by atoms with van der Waals surface area (Å²) >= 11 is 6.39. The quantitative estimate of drug-likeness (QED) is 0.625. The van der Waals surface area contributed by atoms with Crippen LogP contribution in [-0.2, 0) is 6.42 Å². The molecule has 7 nitrogen and oxygen atoms in total. The number of fused-ring (bicyclic) bond motifs is 4. The third kappa shape index (κ3) is 3.46. The molecule has 2 aromatic heterocycles. The van der Waals surface area contributed by atoms with Crippen LogP contribution in [0.2, 0.25) is 5.02 Å². The van der Waals surface area contributed by atoms with Crippen LogP contribution in [0.4, 0.5) is 14.9 Å². The van der Waals surface area contributed by atoms with Crippen molar-refractivity contribution < 1.29 is 9.18 Å². The number of urea groups is 1. The molecule has 0 unspecified atom stereocenters. The molecule has 0 saturated carbocycles. The lowest BCUT2D eigenvalue weighted by Crippen LogP contribution is -2.45. The highest BCUT2D eigenvalue weighted by molar-refractivity contribution is 6.33. The summed E-state index contributed by atoms with van der Waals surface area (Å²) in [6.45, 7) is 1.86. The third-order valence-electron chi connectivity index (χ3n) is 5.95. The highest BCUT2D eigenvalue weighted by Gasteiger charge is 2.44. The molecule has 0 spiro atoms. The van der Waals surface area contributed by atoms with Crippen molar-refractivity contribution >= 4 is 23.3 Å². The number of pyridine rings is 1. The molecule has 1 aromatic carbocycles. The van der Waals surface area contributed by atoms with E-state index in [2.05, 4.69) is 20.5 Å². The predicted octanol–water partition coefficient (Wildman–Crippen LogP) is 4.23. The molecular weight excluding hydrogens is 421 g/mol. The molecule has 0 aliphatic carbocycles. The minimum atomic E-state index is -0.583. The largest absolute Gasteiger partial charge is 0.322 e. The molecule has 2 aliphatic rings. The zero-order chi connectivity index (χ0) is 21.7. The zero-order valence-electron chi connectivity index (χ0n) is 16.7. The number of H-pyrrole nitrogens is 1. The van der Waals surface area contributed by atoms with Gasteiger partial charge in [0.15, 0.2) is 0 Å². The number of rotatable bonds is 2. The summed E-state index contributed by atoms with van der Waals surface area (Å²) in [7, 11) is 0. The predicted molar refractivity (Wildman–Crippen MR) is 115 cm³/mol. The third-order valence-corrected chi connectivity index (χ3v) is 6.26. The maximum Gasteiger partial charge on any atom is 0.322 e. The second-order valence-corrected chi connectivity index (χ2v) is 8.34. The monoisotopic (exact) mass is 439 g/mol. The average molecular weight is 440 g/mol. The number of carbonyl (C=O) groups excluding carboxylic acids is 1. The SMILES string of the molecule is Cc1ccc(-c2cc(F)c(NC(=O)N3[C@H]4CC[C@@H]3c3n[nH]c(=O)cc3C4)cc2Cl)cn1. The van der Waals surface area contributed by atoms with Crippen LogP contribution < -0.4 is 10.9 Å². The Balaban J connectivity index is 1.41. The Kier molecular flexibility index (Phi) is 4.74. The van der Waals surface area contributed by atoms with Crippen LogP contribution in [-0.4, -0.2) is 32.2 Å². The summed E-state index contributed by atoms with van der Waals surface area (Å²) in [5.41, 5.74) is 3.37. The van der Waals surface area contributed by atoms with Crippen LogP contribution in [0.5, 0.6) is 0 Å². The second kappa shape index (κ2) is 7.46. The van der Waals surface area contributed by atoms with E-state index in [0.717, 1.165) is 24.1 Å². The Bertz CT molecular complexity index is 1240. The van der Waals surface area contributed by atoms with Gasteiger partial charge in [0.25, 0.3) is 5.56 Å². The zero-order valence-corrected chi connectivity index (χ0v) is 17.4. The van der Waals surface area contributed by atoms with Gasteiger partial charge in [0.05, 0.1) is 22.4 Å². The van der Waals surface area contributed by atoms with E-state index in [0.29, 0.717) is 28.3 Å². The number of halogens is 2. The van der Waals surface area contributed by atoms with Crippen molar-refractivity contribution in [1.82, 2.24) is 20.1 Å². The smallest absolute Gasteiger partial charge is 0.313 e. The van der Waals surface area contributed by atoms with Crippen molar-refractivity contribution in [3.05, 3.63) is 74.7 Å². The summed E-state index contributed by atoms with van der Waals surface area (Å²) < 4.78 is 14.9. The van der Waals surface area contributed by atoms with Crippen LogP contribution in [0.15, 0.2) is 41.3 Å². The molecule has 5 rings (SSSR count). The number of benzene rings is 1. The van der Waals surface area contributed by atoms with Gasteiger partial charge in [-0.15, -0.1) is 0 Å². The van der Waals surface area contributed by atoms with E-state index >= 15 is 0 Å². The molecule has 31 heavy (non-hydrogen) atoms. The summed E-state index contributed by atoms with van der Waals surface area (Å²) in [6, 6.07) is 7.19. The number of aromatic amines is 1. The standard InChI is InChI=1S/C22H19ClFN5O2/c1-11-2-3-12(10-25-11)15-8-17(24)18(9-16(15)23)26-22(31)29-14-4-5-19(29)21-13(6-14)7-20(30)27-28-21/h2-3,7-10,14,19H,4-6H2,1H3,(H,26,31)(H,27,30)/t14-,19+/m0/s1. The molecule has 9 heteroatoms. The number of hydrogen-bond acceptors (Lipinski definition) is 4. The lowest BCUT2D eigenvalue weighted by atomic mass is 9.99. The van der Waals surface area contributed by atoms with Crippen LogP contribution in [0.3, 0.4) is 0 Å². The second-order valence-electron chi connectivity index (χ2n) is 7.93. The van der Waals surface area contributed by atoms with E-state index in [-0.39, 0.29) is 23.3 Å². The molecule has 2 aliphatic heterocycles. The lowest BCUT2D eigenvalue weighted by molar-refractivity contribution is 0.177. The van der Waals surface area contributed by atoms with Crippen LogP contribution in [0, 0.1) is 12.7 Å². The van der Waals surface area contributed by atoms with Gasteiger partial charge >= 0.3 is 6.03 Å². The van der Waals surface area contributed by atoms with Gasteiger partial charge in [0.2, 0.25) is 0 Å². The maximum absolute atomic E-state index is 14.9. The lowest BCUT2D eigenvalue weighted by Gasteiger charge is -2.35. The Morgan fingerprint density at radius 2 is 2.13 bits per heavy atom. The van der Waals surface area contributed by atoms with Gasteiger partial charge in [-0.2, -0.15) is 5.10 Å². The molecular formula is C22H19ClFN5O2. The first-order valence-corrected chi connectivity index (χ1v) is 10.4. The van der Waals surface area contributed by atoms with Crippen molar-refractivity contribution in [3.63, 3.8) is 0 Å². The van der Waals surface area contributed by atoms with Gasteiger partial charge in [-0.1, -0.05) is 17.7 Å². The first kappa shape index (κ1) is 19.7. The normalized spacial score (nSPS) is 19.3. The molecule has 2 bridgehead atoms. The number of hydrogen-bond donors (Lipinski definition) is 2.